The average Bonchev–Trinajstić information content (AvgIpc) is 2.97. The first-order valence-electron chi connectivity index (χ1n) is 6.86. The van der Waals surface area contributed by atoms with Crippen LogP contribution in [0.3, 0.4) is 0 Å². The van der Waals surface area contributed by atoms with Crippen molar-refractivity contribution in [1.82, 2.24) is 0 Å². The maximum Gasteiger partial charge on any atom is 0.149 e. The Morgan fingerprint density at radius 3 is 2.81 bits per heavy atom. The molecule has 3 nitrogen and oxygen atoms in total. The first-order valence-corrected chi connectivity index (χ1v) is 7.85. The molecule has 0 fully saturated rings. The fourth-order valence-corrected chi connectivity index (χ4v) is 3.55. The number of rotatable bonds is 2. The lowest BCUT2D eigenvalue weighted by molar-refractivity contribution is 0.0322. The van der Waals surface area contributed by atoms with E-state index in [0.29, 0.717) is 11.5 Å². The zero-order valence-electron chi connectivity index (χ0n) is 11.2. The third kappa shape index (κ3) is 2.30. The van der Waals surface area contributed by atoms with Crippen molar-refractivity contribution in [1.29, 1.82) is 0 Å². The summed E-state index contributed by atoms with van der Waals surface area (Å²) in [5.41, 5.74) is 0.787. The lowest BCUT2D eigenvalue weighted by atomic mass is 10.1. The third-order valence-corrected chi connectivity index (χ3v) is 4.76. The van der Waals surface area contributed by atoms with Crippen molar-refractivity contribution >= 4 is 22.7 Å². The highest BCUT2D eigenvalue weighted by Gasteiger charge is 2.30. The van der Waals surface area contributed by atoms with Crippen molar-refractivity contribution < 1.29 is 14.3 Å². The molecule has 106 valence electrons. The minimum Gasteiger partial charge on any atom is -0.485 e. The van der Waals surface area contributed by atoms with Crippen LogP contribution in [0.5, 0.6) is 5.75 Å². The maximum absolute atomic E-state index is 10.5. The number of hydrogen-bond acceptors (Lipinski definition) is 4. The molecule has 2 aromatic carbocycles. The van der Waals surface area contributed by atoms with Gasteiger partial charge in [-0.05, 0) is 24.3 Å². The van der Waals surface area contributed by atoms with Crippen LogP contribution in [0.1, 0.15) is 11.9 Å². The monoisotopic (exact) mass is 298 g/mol. The van der Waals surface area contributed by atoms with Crippen LogP contribution in [0.2, 0.25) is 0 Å². The second-order valence-corrected chi connectivity index (χ2v) is 6.11. The van der Waals surface area contributed by atoms with Crippen molar-refractivity contribution in [2.24, 2.45) is 0 Å². The lowest BCUT2D eigenvalue weighted by Gasteiger charge is -2.28. The van der Waals surface area contributed by atoms with E-state index < -0.39 is 6.10 Å². The van der Waals surface area contributed by atoms with E-state index in [9.17, 15) is 5.11 Å². The molecular weight excluding hydrogens is 284 g/mol. The molecule has 0 bridgehead atoms. The molecule has 2 unspecified atom stereocenters. The maximum atomic E-state index is 10.5. The van der Waals surface area contributed by atoms with E-state index in [1.54, 1.807) is 11.8 Å². The molecular formula is C17H14O3S. The van der Waals surface area contributed by atoms with Gasteiger partial charge in [0.25, 0.3) is 0 Å². The van der Waals surface area contributed by atoms with Crippen LogP contribution >= 0.6 is 11.8 Å². The summed E-state index contributed by atoms with van der Waals surface area (Å²) in [6.07, 6.45) is -1.07. The fraction of sp³-hybridized carbons (Fsp3) is 0.176. The first-order chi connectivity index (χ1) is 10.3. The summed E-state index contributed by atoms with van der Waals surface area (Å²) in [6.45, 7) is 0. The topological polar surface area (TPSA) is 42.6 Å². The number of aliphatic hydroxyl groups excluding tert-OH is 1. The number of ether oxygens (including phenoxy) is 1. The van der Waals surface area contributed by atoms with E-state index in [0.717, 1.165) is 21.6 Å². The smallest absolute Gasteiger partial charge is 0.149 e. The van der Waals surface area contributed by atoms with E-state index >= 15 is 0 Å². The minimum absolute atomic E-state index is 0.300. The summed E-state index contributed by atoms with van der Waals surface area (Å²) in [5.74, 6) is 2.09. The number of hydrogen-bond donors (Lipinski definition) is 1. The molecule has 0 saturated heterocycles. The molecule has 0 aliphatic carbocycles. The second kappa shape index (κ2) is 5.13. The van der Waals surface area contributed by atoms with Gasteiger partial charge in [-0.3, -0.25) is 0 Å². The van der Waals surface area contributed by atoms with Crippen LogP contribution in [0, 0.1) is 0 Å². The van der Waals surface area contributed by atoms with Gasteiger partial charge in [-0.1, -0.05) is 30.3 Å². The van der Waals surface area contributed by atoms with Gasteiger partial charge in [0, 0.05) is 16.0 Å². The van der Waals surface area contributed by atoms with Gasteiger partial charge in [0.15, 0.2) is 0 Å². The standard InChI is InChI=1S/C17H14O3S/c18-17(14-9-11-5-1-2-6-12(11)19-14)15-10-21-16-8-4-3-7-13(16)20-15/h1-9,15,17-18H,10H2. The third-order valence-electron chi connectivity index (χ3n) is 3.62. The molecule has 1 aliphatic rings. The Kier molecular flexibility index (Phi) is 3.13. The highest BCUT2D eigenvalue weighted by Crippen LogP contribution is 2.38. The van der Waals surface area contributed by atoms with Gasteiger partial charge >= 0.3 is 0 Å². The number of para-hydroxylation sites is 2. The Hall–Kier alpha value is -1.91. The molecule has 4 rings (SSSR count). The van der Waals surface area contributed by atoms with Gasteiger partial charge in [-0.15, -0.1) is 11.8 Å². The zero-order valence-corrected chi connectivity index (χ0v) is 12.0. The molecule has 0 spiro atoms. The van der Waals surface area contributed by atoms with E-state index in [1.807, 2.05) is 54.6 Å². The van der Waals surface area contributed by atoms with Crippen molar-refractivity contribution in [3.63, 3.8) is 0 Å². The summed E-state index contributed by atoms with van der Waals surface area (Å²) in [4.78, 5) is 1.12. The largest absolute Gasteiger partial charge is 0.485 e. The summed E-state index contributed by atoms with van der Waals surface area (Å²) < 4.78 is 11.6. The van der Waals surface area contributed by atoms with Gasteiger partial charge in [0.1, 0.15) is 29.3 Å². The molecule has 0 radical (unpaired) electrons. The molecule has 1 N–H and O–H groups in total. The summed E-state index contributed by atoms with van der Waals surface area (Å²) in [6, 6.07) is 17.5. The van der Waals surface area contributed by atoms with Gasteiger partial charge in [-0.2, -0.15) is 0 Å². The molecule has 2 heterocycles. The van der Waals surface area contributed by atoms with Crippen molar-refractivity contribution in [2.75, 3.05) is 5.75 Å². The minimum atomic E-state index is -0.766. The van der Waals surface area contributed by atoms with Crippen LogP contribution in [0.4, 0.5) is 0 Å². The molecule has 3 aromatic rings. The number of furan rings is 1. The van der Waals surface area contributed by atoms with Crippen LogP contribution in [0.15, 0.2) is 63.9 Å². The van der Waals surface area contributed by atoms with Crippen LogP contribution in [-0.4, -0.2) is 17.0 Å². The SMILES string of the molecule is OC(c1cc2ccccc2o1)C1CSc2ccccc2O1. The van der Waals surface area contributed by atoms with E-state index in [4.69, 9.17) is 9.15 Å². The van der Waals surface area contributed by atoms with Crippen LogP contribution < -0.4 is 4.74 Å². The zero-order chi connectivity index (χ0) is 14.2. The summed E-state index contributed by atoms with van der Waals surface area (Å²) in [5, 5.41) is 11.5. The highest BCUT2D eigenvalue weighted by atomic mass is 32.2. The number of fused-ring (bicyclic) bond motifs is 2. The number of aliphatic hydroxyl groups is 1. The molecule has 21 heavy (non-hydrogen) atoms. The van der Waals surface area contributed by atoms with Crippen molar-refractivity contribution in [2.45, 2.75) is 17.1 Å². The van der Waals surface area contributed by atoms with Crippen molar-refractivity contribution in [3.05, 3.63) is 60.4 Å². The van der Waals surface area contributed by atoms with Gasteiger partial charge < -0.3 is 14.3 Å². The molecule has 0 amide bonds. The van der Waals surface area contributed by atoms with Gasteiger partial charge in [-0.25, -0.2) is 0 Å². The predicted octanol–water partition coefficient (Wildman–Crippen LogP) is 4.02. The fourth-order valence-electron chi connectivity index (χ4n) is 2.52. The van der Waals surface area contributed by atoms with Crippen molar-refractivity contribution in [3.8, 4) is 5.75 Å². The normalized spacial score (nSPS) is 19.0. The van der Waals surface area contributed by atoms with E-state index in [1.165, 1.54) is 0 Å². The number of benzene rings is 2. The second-order valence-electron chi connectivity index (χ2n) is 5.05. The quantitative estimate of drug-likeness (QED) is 0.776. The summed E-state index contributed by atoms with van der Waals surface area (Å²) >= 11 is 1.70. The Morgan fingerprint density at radius 2 is 1.90 bits per heavy atom. The lowest BCUT2D eigenvalue weighted by Crippen LogP contribution is -2.30. The number of thioether (sulfide) groups is 1. The van der Waals surface area contributed by atoms with Gasteiger partial charge in [0.05, 0.1) is 0 Å². The molecule has 1 aromatic heterocycles. The predicted molar refractivity (Wildman–Crippen MR) is 82.8 cm³/mol. The Morgan fingerprint density at radius 1 is 1.10 bits per heavy atom. The Labute approximate surface area is 126 Å². The van der Waals surface area contributed by atoms with E-state index in [2.05, 4.69) is 0 Å². The van der Waals surface area contributed by atoms with Crippen LogP contribution in [0.25, 0.3) is 11.0 Å². The Balaban J connectivity index is 1.62. The van der Waals surface area contributed by atoms with Crippen LogP contribution in [-0.2, 0) is 0 Å². The molecule has 4 heteroatoms. The Bertz CT molecular complexity index is 747. The van der Waals surface area contributed by atoms with E-state index in [-0.39, 0.29) is 6.10 Å². The highest BCUT2D eigenvalue weighted by molar-refractivity contribution is 7.99. The van der Waals surface area contributed by atoms with Gasteiger partial charge in [0.2, 0.25) is 0 Å². The molecule has 1 aliphatic heterocycles. The summed E-state index contributed by atoms with van der Waals surface area (Å²) in [7, 11) is 0. The first kappa shape index (κ1) is 12.8. The molecule has 2 atom stereocenters. The molecule has 0 saturated carbocycles. The average molecular weight is 298 g/mol.